The monoisotopic (exact) mass is 468 g/mol. The Morgan fingerprint density at radius 1 is 1.03 bits per heavy atom. The zero-order valence-electron chi connectivity index (χ0n) is 18.2. The molecule has 1 atom stereocenters. The van der Waals surface area contributed by atoms with Gasteiger partial charge in [-0.2, -0.15) is 0 Å². The molecule has 0 bridgehead atoms. The number of benzene rings is 3. The Kier molecular flexibility index (Phi) is 8.27. The summed E-state index contributed by atoms with van der Waals surface area (Å²) in [5, 5.41) is 5.91. The maximum absolute atomic E-state index is 13.0. The van der Waals surface area contributed by atoms with Crippen molar-refractivity contribution < 1.29 is 13.9 Å². The smallest absolute Gasteiger partial charge is 0.315 e. The van der Waals surface area contributed by atoms with Gasteiger partial charge in [0.25, 0.3) is 0 Å². The van der Waals surface area contributed by atoms with Crippen molar-refractivity contribution in [1.29, 1.82) is 0 Å². The van der Waals surface area contributed by atoms with E-state index in [4.69, 9.17) is 4.74 Å². The van der Waals surface area contributed by atoms with Gasteiger partial charge >= 0.3 is 6.03 Å². The molecule has 33 heavy (non-hydrogen) atoms. The second-order valence-corrected chi connectivity index (χ2v) is 7.52. The van der Waals surface area contributed by atoms with Gasteiger partial charge in [-0.1, -0.05) is 36.4 Å². The van der Waals surface area contributed by atoms with Gasteiger partial charge in [0, 0.05) is 6.54 Å². The number of methoxy groups -OCH3 is 1. The molecule has 4 aromatic rings. The molecule has 172 valence electrons. The van der Waals surface area contributed by atoms with Gasteiger partial charge in [-0.05, 0) is 60.4 Å². The highest BCUT2D eigenvalue weighted by molar-refractivity contribution is 5.85. The van der Waals surface area contributed by atoms with Crippen LogP contribution in [-0.4, -0.2) is 29.7 Å². The summed E-state index contributed by atoms with van der Waals surface area (Å²) in [6, 6.07) is 21.1. The molecular formula is C25H26ClFN4O2. The molecule has 0 unspecified atom stereocenters. The maximum Gasteiger partial charge on any atom is 0.315 e. The Hall–Kier alpha value is -3.58. The van der Waals surface area contributed by atoms with E-state index in [-0.39, 0.29) is 30.3 Å². The van der Waals surface area contributed by atoms with Gasteiger partial charge in [-0.25, -0.2) is 14.2 Å². The van der Waals surface area contributed by atoms with Crippen LogP contribution in [-0.2, 0) is 12.8 Å². The molecule has 0 radical (unpaired) electrons. The first-order valence-corrected chi connectivity index (χ1v) is 10.5. The molecule has 0 spiro atoms. The van der Waals surface area contributed by atoms with Gasteiger partial charge < -0.3 is 20.4 Å². The van der Waals surface area contributed by atoms with Gasteiger partial charge in [0.1, 0.15) is 17.4 Å². The van der Waals surface area contributed by atoms with Crippen LogP contribution in [0.4, 0.5) is 9.18 Å². The maximum atomic E-state index is 13.0. The van der Waals surface area contributed by atoms with Gasteiger partial charge in [0.2, 0.25) is 0 Å². The number of halogens is 2. The van der Waals surface area contributed by atoms with Crippen LogP contribution in [0.1, 0.15) is 23.0 Å². The SMILES string of the molecule is COc1ccc(C[C@@H](NC(=O)NCCc2ccc(F)cc2)c2nc3ccccc3[nH]2)cc1.Cl. The predicted octanol–water partition coefficient (Wildman–Crippen LogP) is 4.96. The molecule has 6 nitrogen and oxygen atoms in total. The van der Waals surface area contributed by atoms with Crippen LogP contribution in [0.3, 0.4) is 0 Å². The number of fused-ring (bicyclic) bond motifs is 1. The number of nitrogens with zero attached hydrogens (tertiary/aromatic N) is 1. The Labute approximate surface area is 198 Å². The number of H-pyrrole nitrogens is 1. The molecule has 2 amide bonds. The third-order valence-electron chi connectivity index (χ3n) is 5.25. The molecular weight excluding hydrogens is 443 g/mol. The molecule has 8 heteroatoms. The molecule has 4 rings (SSSR count). The summed E-state index contributed by atoms with van der Waals surface area (Å²) in [5.74, 6) is 1.20. The number of rotatable bonds is 8. The van der Waals surface area contributed by atoms with Crippen molar-refractivity contribution in [1.82, 2.24) is 20.6 Å². The minimum absolute atomic E-state index is 0. The van der Waals surface area contributed by atoms with Crippen LogP contribution in [0.2, 0.25) is 0 Å². The highest BCUT2D eigenvalue weighted by Gasteiger charge is 2.19. The van der Waals surface area contributed by atoms with E-state index >= 15 is 0 Å². The number of para-hydroxylation sites is 2. The highest BCUT2D eigenvalue weighted by atomic mass is 35.5. The number of carbonyl (C=O) groups is 1. The molecule has 0 saturated heterocycles. The summed E-state index contributed by atoms with van der Waals surface area (Å²) in [6.07, 6.45) is 1.18. The van der Waals surface area contributed by atoms with Crippen LogP contribution < -0.4 is 15.4 Å². The van der Waals surface area contributed by atoms with Crippen molar-refractivity contribution in [2.75, 3.05) is 13.7 Å². The van der Waals surface area contributed by atoms with E-state index < -0.39 is 0 Å². The summed E-state index contributed by atoms with van der Waals surface area (Å²) in [6.45, 7) is 0.437. The van der Waals surface area contributed by atoms with Crippen LogP contribution in [0, 0.1) is 5.82 Å². The summed E-state index contributed by atoms with van der Waals surface area (Å²) >= 11 is 0. The van der Waals surface area contributed by atoms with E-state index in [1.807, 2.05) is 48.5 Å². The molecule has 1 aromatic heterocycles. The van der Waals surface area contributed by atoms with E-state index in [0.29, 0.717) is 25.2 Å². The number of imidazole rings is 1. The lowest BCUT2D eigenvalue weighted by Crippen LogP contribution is -2.40. The number of hydrogen-bond acceptors (Lipinski definition) is 3. The van der Waals surface area contributed by atoms with Crippen molar-refractivity contribution in [2.45, 2.75) is 18.9 Å². The third-order valence-corrected chi connectivity index (χ3v) is 5.25. The van der Waals surface area contributed by atoms with Crippen LogP contribution >= 0.6 is 12.4 Å². The van der Waals surface area contributed by atoms with Gasteiger partial charge in [-0.15, -0.1) is 12.4 Å². The third kappa shape index (κ3) is 6.46. The summed E-state index contributed by atoms with van der Waals surface area (Å²) in [4.78, 5) is 20.6. The molecule has 3 N–H and O–H groups in total. The van der Waals surface area contributed by atoms with Crippen molar-refractivity contribution in [3.63, 3.8) is 0 Å². The number of carbonyl (C=O) groups excluding carboxylic acids is 1. The molecule has 3 aromatic carbocycles. The lowest BCUT2D eigenvalue weighted by molar-refractivity contribution is 0.236. The average Bonchev–Trinajstić information content (AvgIpc) is 3.25. The summed E-state index contributed by atoms with van der Waals surface area (Å²) < 4.78 is 18.3. The standard InChI is InChI=1S/C25H25FN4O2.ClH/c1-32-20-12-8-18(9-13-20)16-23(24-28-21-4-2-3-5-22(21)29-24)30-25(31)27-15-14-17-6-10-19(26)11-7-17;/h2-13,23H,14-16H2,1H3,(H,28,29)(H2,27,30,31);1H/t23-;/m1./s1. The second-order valence-electron chi connectivity index (χ2n) is 7.52. The van der Waals surface area contributed by atoms with E-state index in [1.165, 1.54) is 12.1 Å². The first-order chi connectivity index (χ1) is 15.6. The Morgan fingerprint density at radius 2 is 1.73 bits per heavy atom. The van der Waals surface area contributed by atoms with Crippen molar-refractivity contribution in [2.24, 2.45) is 0 Å². The molecule has 0 aliphatic heterocycles. The van der Waals surface area contributed by atoms with Gasteiger partial charge in [0.15, 0.2) is 0 Å². The number of amides is 2. The molecule has 1 heterocycles. The van der Waals surface area contributed by atoms with Crippen LogP contribution in [0.25, 0.3) is 11.0 Å². The number of aromatic nitrogens is 2. The van der Waals surface area contributed by atoms with Crippen molar-refractivity contribution in [3.8, 4) is 5.75 Å². The van der Waals surface area contributed by atoms with Crippen molar-refractivity contribution in [3.05, 3.63) is 95.6 Å². The molecule has 0 aliphatic rings. The first-order valence-electron chi connectivity index (χ1n) is 10.5. The minimum Gasteiger partial charge on any atom is -0.497 e. The average molecular weight is 469 g/mol. The predicted molar refractivity (Wildman–Crippen MR) is 129 cm³/mol. The number of hydrogen-bond donors (Lipinski definition) is 3. The topological polar surface area (TPSA) is 79.0 Å². The molecule has 0 saturated carbocycles. The van der Waals surface area contributed by atoms with Gasteiger partial charge in [0.05, 0.1) is 24.2 Å². The highest BCUT2D eigenvalue weighted by Crippen LogP contribution is 2.21. The second kappa shape index (κ2) is 11.3. The minimum atomic E-state index is -0.346. The lowest BCUT2D eigenvalue weighted by atomic mass is 10.1. The van der Waals surface area contributed by atoms with Crippen LogP contribution in [0.5, 0.6) is 5.75 Å². The number of urea groups is 1. The Morgan fingerprint density at radius 3 is 2.42 bits per heavy atom. The fourth-order valence-corrected chi connectivity index (χ4v) is 3.53. The Balaban J connectivity index is 0.00000306. The number of aromatic amines is 1. The van der Waals surface area contributed by atoms with Crippen LogP contribution in [0.15, 0.2) is 72.8 Å². The van der Waals surface area contributed by atoms with Gasteiger partial charge in [-0.3, -0.25) is 0 Å². The first kappa shape index (κ1) is 24.1. The van der Waals surface area contributed by atoms with E-state index in [0.717, 1.165) is 27.9 Å². The molecule has 0 fully saturated rings. The fourth-order valence-electron chi connectivity index (χ4n) is 3.53. The summed E-state index contributed by atoms with van der Waals surface area (Å²) in [5.41, 5.74) is 3.77. The zero-order chi connectivity index (χ0) is 22.3. The summed E-state index contributed by atoms with van der Waals surface area (Å²) in [7, 11) is 1.63. The number of nitrogens with one attached hydrogen (secondary N) is 3. The molecule has 0 aliphatic carbocycles. The lowest BCUT2D eigenvalue weighted by Gasteiger charge is -2.18. The largest absolute Gasteiger partial charge is 0.497 e. The zero-order valence-corrected chi connectivity index (χ0v) is 19.0. The quantitative estimate of drug-likeness (QED) is 0.342. The Bertz CT molecular complexity index is 1150. The van der Waals surface area contributed by atoms with Crippen molar-refractivity contribution >= 4 is 29.5 Å². The fraction of sp³-hybridized carbons (Fsp3) is 0.200. The van der Waals surface area contributed by atoms with E-state index in [1.54, 1.807) is 19.2 Å². The van der Waals surface area contributed by atoms with E-state index in [9.17, 15) is 9.18 Å². The van der Waals surface area contributed by atoms with E-state index in [2.05, 4.69) is 20.6 Å². The number of ether oxygens (including phenoxy) is 1. The normalized spacial score (nSPS) is 11.5.